The van der Waals surface area contributed by atoms with Crippen LogP contribution in [0.4, 0.5) is 5.69 Å². The van der Waals surface area contributed by atoms with Crippen molar-refractivity contribution in [2.45, 2.75) is 18.2 Å². The van der Waals surface area contributed by atoms with Gasteiger partial charge in [-0.2, -0.15) is 0 Å². The smallest absolute Gasteiger partial charge is 0.223 e. The minimum absolute atomic E-state index is 0.266. The number of anilines is 1. The number of nitrogens with two attached hydrogens (primary N) is 1. The van der Waals surface area contributed by atoms with Crippen LogP contribution in [-0.2, 0) is 4.79 Å². The molecule has 104 valence electrons. The Morgan fingerprint density at radius 1 is 1.42 bits per heavy atom. The number of nitrogen functional groups attached to an aromatic ring is 1. The van der Waals surface area contributed by atoms with Gasteiger partial charge in [0.25, 0.3) is 0 Å². The summed E-state index contributed by atoms with van der Waals surface area (Å²) in [5.41, 5.74) is 7.70. The highest BCUT2D eigenvalue weighted by molar-refractivity contribution is 7.99. The van der Waals surface area contributed by atoms with Crippen molar-refractivity contribution in [3.63, 3.8) is 0 Å². The molecule has 2 rings (SSSR count). The van der Waals surface area contributed by atoms with Crippen molar-refractivity contribution in [3.8, 4) is 0 Å². The molecule has 1 aromatic rings. The molecule has 1 fully saturated rings. The first-order valence-electron chi connectivity index (χ1n) is 6.64. The van der Waals surface area contributed by atoms with Crippen molar-refractivity contribution in [1.82, 2.24) is 10.2 Å². The Bertz CT molecular complexity index is 444. The van der Waals surface area contributed by atoms with Crippen LogP contribution in [0.3, 0.4) is 0 Å². The van der Waals surface area contributed by atoms with E-state index in [0.717, 1.165) is 37.6 Å². The van der Waals surface area contributed by atoms with Gasteiger partial charge in [-0.05, 0) is 30.7 Å². The zero-order chi connectivity index (χ0) is 13.7. The second-order valence-corrected chi connectivity index (χ2v) is 5.89. The average Bonchev–Trinajstić information content (AvgIpc) is 2.42. The summed E-state index contributed by atoms with van der Waals surface area (Å²) in [6, 6.07) is 5.92. The van der Waals surface area contributed by atoms with E-state index < -0.39 is 0 Å². The quantitative estimate of drug-likeness (QED) is 0.647. The highest BCUT2D eigenvalue weighted by atomic mass is 32.2. The molecular formula is C14H21N3OS. The van der Waals surface area contributed by atoms with Crippen LogP contribution in [0.25, 0.3) is 0 Å². The first kappa shape index (κ1) is 14.2. The Hall–Kier alpha value is -1.20. The number of aryl methyl sites for hydroxylation is 1. The van der Waals surface area contributed by atoms with Gasteiger partial charge < -0.3 is 16.0 Å². The lowest BCUT2D eigenvalue weighted by Crippen LogP contribution is -2.46. The highest BCUT2D eigenvalue weighted by Crippen LogP contribution is 2.24. The Kier molecular flexibility index (Phi) is 5.10. The number of nitrogens with zero attached hydrogens (tertiary/aromatic N) is 1. The van der Waals surface area contributed by atoms with Gasteiger partial charge in [-0.3, -0.25) is 4.79 Å². The number of hydrogen-bond acceptors (Lipinski definition) is 4. The van der Waals surface area contributed by atoms with Gasteiger partial charge in [0.1, 0.15) is 0 Å². The SMILES string of the molecule is Cc1cc(N)ccc1SCCC(=O)N1CCNCC1. The fourth-order valence-corrected chi connectivity index (χ4v) is 3.10. The maximum Gasteiger partial charge on any atom is 0.223 e. The summed E-state index contributed by atoms with van der Waals surface area (Å²) in [6.07, 6.45) is 0.606. The van der Waals surface area contributed by atoms with Gasteiger partial charge in [-0.25, -0.2) is 0 Å². The maximum atomic E-state index is 12.0. The molecule has 1 amide bonds. The molecule has 1 saturated heterocycles. The largest absolute Gasteiger partial charge is 0.399 e. The normalized spacial score (nSPS) is 15.5. The van der Waals surface area contributed by atoms with E-state index in [1.54, 1.807) is 11.8 Å². The summed E-state index contributed by atoms with van der Waals surface area (Å²) < 4.78 is 0. The molecule has 1 aliphatic heterocycles. The summed E-state index contributed by atoms with van der Waals surface area (Å²) in [5.74, 6) is 1.09. The number of benzene rings is 1. The van der Waals surface area contributed by atoms with Gasteiger partial charge in [-0.1, -0.05) is 0 Å². The second kappa shape index (κ2) is 6.82. The third-order valence-electron chi connectivity index (χ3n) is 3.24. The van der Waals surface area contributed by atoms with Crippen LogP contribution in [0.15, 0.2) is 23.1 Å². The van der Waals surface area contributed by atoms with Gasteiger partial charge in [-0.15, -0.1) is 11.8 Å². The lowest BCUT2D eigenvalue weighted by atomic mass is 10.2. The van der Waals surface area contributed by atoms with Crippen molar-refractivity contribution in [2.24, 2.45) is 0 Å². The lowest BCUT2D eigenvalue weighted by molar-refractivity contribution is -0.131. The standard InChI is InChI=1S/C14H21N3OS/c1-11-10-12(15)2-3-13(11)19-9-4-14(18)17-7-5-16-6-8-17/h2-3,10,16H,4-9,15H2,1H3. The monoisotopic (exact) mass is 279 g/mol. The van der Waals surface area contributed by atoms with Crippen LogP contribution < -0.4 is 11.1 Å². The number of rotatable bonds is 4. The molecule has 0 saturated carbocycles. The third kappa shape index (κ3) is 4.14. The molecule has 1 aliphatic rings. The molecule has 4 nitrogen and oxygen atoms in total. The topological polar surface area (TPSA) is 58.4 Å². The average molecular weight is 279 g/mol. The molecular weight excluding hydrogens is 258 g/mol. The number of amides is 1. The fraction of sp³-hybridized carbons (Fsp3) is 0.500. The molecule has 0 spiro atoms. The molecule has 5 heteroatoms. The van der Waals surface area contributed by atoms with E-state index in [4.69, 9.17) is 5.73 Å². The third-order valence-corrected chi connectivity index (χ3v) is 4.42. The number of thioether (sulfide) groups is 1. The van der Waals surface area contributed by atoms with Gasteiger partial charge in [0.15, 0.2) is 0 Å². The number of nitrogens with one attached hydrogen (secondary N) is 1. The number of carbonyl (C=O) groups is 1. The van der Waals surface area contributed by atoms with E-state index in [0.29, 0.717) is 6.42 Å². The predicted octanol–water partition coefficient (Wildman–Crippen LogP) is 1.49. The Morgan fingerprint density at radius 3 is 2.84 bits per heavy atom. The van der Waals surface area contributed by atoms with Crippen LogP contribution in [0, 0.1) is 6.92 Å². The van der Waals surface area contributed by atoms with Crippen molar-refractivity contribution < 1.29 is 4.79 Å². The van der Waals surface area contributed by atoms with Crippen LogP contribution in [0.5, 0.6) is 0 Å². The van der Waals surface area contributed by atoms with Crippen molar-refractivity contribution >= 4 is 23.4 Å². The van der Waals surface area contributed by atoms with Gasteiger partial charge in [0.05, 0.1) is 0 Å². The molecule has 0 radical (unpaired) electrons. The van der Waals surface area contributed by atoms with E-state index in [-0.39, 0.29) is 5.91 Å². The lowest BCUT2D eigenvalue weighted by Gasteiger charge is -2.27. The van der Waals surface area contributed by atoms with Crippen molar-refractivity contribution in [3.05, 3.63) is 23.8 Å². The molecule has 3 N–H and O–H groups in total. The first-order valence-corrected chi connectivity index (χ1v) is 7.63. The summed E-state index contributed by atoms with van der Waals surface area (Å²) in [4.78, 5) is 15.2. The Balaban J connectivity index is 1.78. The van der Waals surface area contributed by atoms with E-state index in [2.05, 4.69) is 12.2 Å². The van der Waals surface area contributed by atoms with Crippen LogP contribution in [0.1, 0.15) is 12.0 Å². The highest BCUT2D eigenvalue weighted by Gasteiger charge is 2.15. The fourth-order valence-electron chi connectivity index (χ4n) is 2.16. The van der Waals surface area contributed by atoms with E-state index in [1.165, 1.54) is 10.5 Å². The Labute approximate surface area is 118 Å². The molecule has 0 atom stereocenters. The second-order valence-electron chi connectivity index (χ2n) is 4.75. The molecule has 0 aliphatic carbocycles. The van der Waals surface area contributed by atoms with E-state index in [9.17, 15) is 4.79 Å². The summed E-state index contributed by atoms with van der Waals surface area (Å²) >= 11 is 1.73. The van der Waals surface area contributed by atoms with Gasteiger partial charge in [0.2, 0.25) is 5.91 Å². The maximum absolute atomic E-state index is 12.0. The van der Waals surface area contributed by atoms with Crippen molar-refractivity contribution in [2.75, 3.05) is 37.7 Å². The summed E-state index contributed by atoms with van der Waals surface area (Å²) in [6.45, 7) is 5.55. The zero-order valence-electron chi connectivity index (χ0n) is 11.3. The van der Waals surface area contributed by atoms with E-state index in [1.807, 2.05) is 23.1 Å². The molecule has 0 bridgehead atoms. The molecule has 1 aromatic carbocycles. The van der Waals surface area contributed by atoms with Crippen LogP contribution in [0.2, 0.25) is 0 Å². The number of hydrogen-bond donors (Lipinski definition) is 2. The minimum Gasteiger partial charge on any atom is -0.399 e. The van der Waals surface area contributed by atoms with Gasteiger partial charge >= 0.3 is 0 Å². The van der Waals surface area contributed by atoms with E-state index >= 15 is 0 Å². The predicted molar refractivity (Wildman–Crippen MR) is 80.4 cm³/mol. The number of carbonyl (C=O) groups excluding carboxylic acids is 1. The zero-order valence-corrected chi connectivity index (χ0v) is 12.1. The minimum atomic E-state index is 0.266. The summed E-state index contributed by atoms with van der Waals surface area (Å²) in [7, 11) is 0. The molecule has 0 aromatic heterocycles. The first-order chi connectivity index (χ1) is 9.16. The van der Waals surface area contributed by atoms with Crippen LogP contribution in [-0.4, -0.2) is 42.7 Å². The molecule has 1 heterocycles. The van der Waals surface area contributed by atoms with Gasteiger partial charge in [0, 0.05) is 48.9 Å². The summed E-state index contributed by atoms with van der Waals surface area (Å²) in [5, 5.41) is 3.25. The molecule has 19 heavy (non-hydrogen) atoms. The van der Waals surface area contributed by atoms with Crippen LogP contribution >= 0.6 is 11.8 Å². The Morgan fingerprint density at radius 2 is 2.16 bits per heavy atom. The molecule has 0 unspecified atom stereocenters. The van der Waals surface area contributed by atoms with Crippen molar-refractivity contribution in [1.29, 1.82) is 0 Å². The number of piperazine rings is 1.